The number of rotatable bonds is 5. The van der Waals surface area contributed by atoms with Crippen molar-refractivity contribution in [3.8, 4) is 0 Å². The van der Waals surface area contributed by atoms with E-state index >= 15 is 0 Å². The summed E-state index contributed by atoms with van der Waals surface area (Å²) in [7, 11) is 2.22. The summed E-state index contributed by atoms with van der Waals surface area (Å²) in [5.41, 5.74) is 0. The highest BCUT2D eigenvalue weighted by Crippen LogP contribution is 2.20. The van der Waals surface area contributed by atoms with E-state index in [2.05, 4.69) is 30.7 Å². The zero-order valence-corrected chi connectivity index (χ0v) is 10.1. The van der Waals surface area contributed by atoms with Gasteiger partial charge in [-0.05, 0) is 65.0 Å². The van der Waals surface area contributed by atoms with E-state index in [0.717, 1.165) is 5.92 Å². The van der Waals surface area contributed by atoms with Crippen LogP contribution >= 0.6 is 0 Å². The minimum atomic E-state index is 0.992. The highest BCUT2D eigenvalue weighted by atomic mass is 15.1. The lowest BCUT2D eigenvalue weighted by atomic mass is 9.93. The monoisotopic (exact) mass is 198 g/mol. The van der Waals surface area contributed by atoms with Crippen LogP contribution in [0.1, 0.15) is 33.1 Å². The quantitative estimate of drug-likeness (QED) is 0.667. The minimum absolute atomic E-state index is 0.992. The van der Waals surface area contributed by atoms with Gasteiger partial charge in [0, 0.05) is 0 Å². The van der Waals surface area contributed by atoms with Gasteiger partial charge in [0.25, 0.3) is 0 Å². The maximum atomic E-state index is 2.57. The third kappa shape index (κ3) is 3.97. The second-order valence-corrected chi connectivity index (χ2v) is 4.56. The predicted molar refractivity (Wildman–Crippen MR) is 62.6 cm³/mol. The van der Waals surface area contributed by atoms with Crippen molar-refractivity contribution in [2.24, 2.45) is 5.92 Å². The third-order valence-corrected chi connectivity index (χ3v) is 3.61. The summed E-state index contributed by atoms with van der Waals surface area (Å²) in [6.45, 7) is 10.9. The van der Waals surface area contributed by atoms with E-state index in [1.165, 1.54) is 52.0 Å². The van der Waals surface area contributed by atoms with Gasteiger partial charge >= 0.3 is 0 Å². The third-order valence-electron chi connectivity index (χ3n) is 3.61. The lowest BCUT2D eigenvalue weighted by molar-refractivity contribution is 0.176. The lowest BCUT2D eigenvalue weighted by Crippen LogP contribution is -2.34. The van der Waals surface area contributed by atoms with Crippen LogP contribution in [0.3, 0.4) is 0 Å². The molecule has 1 aliphatic rings. The molecule has 0 aliphatic carbocycles. The fourth-order valence-electron chi connectivity index (χ4n) is 2.15. The van der Waals surface area contributed by atoms with Gasteiger partial charge in [-0.3, -0.25) is 0 Å². The largest absolute Gasteiger partial charge is 0.307 e. The number of piperidine rings is 1. The second kappa shape index (κ2) is 6.41. The molecule has 1 saturated heterocycles. The van der Waals surface area contributed by atoms with Gasteiger partial charge in [-0.2, -0.15) is 0 Å². The highest BCUT2D eigenvalue weighted by molar-refractivity contribution is 4.72. The first-order valence-corrected chi connectivity index (χ1v) is 6.17. The first kappa shape index (κ1) is 12.0. The maximum Gasteiger partial charge on any atom is -0.00162 e. The van der Waals surface area contributed by atoms with E-state index < -0.39 is 0 Å². The van der Waals surface area contributed by atoms with Crippen LogP contribution < -0.4 is 0 Å². The Balaban J connectivity index is 2.10. The van der Waals surface area contributed by atoms with Crippen LogP contribution in [0.15, 0.2) is 0 Å². The van der Waals surface area contributed by atoms with Crippen molar-refractivity contribution in [3.63, 3.8) is 0 Å². The van der Waals surface area contributed by atoms with E-state index in [-0.39, 0.29) is 0 Å². The molecule has 0 aromatic heterocycles. The Morgan fingerprint density at radius 3 is 2.36 bits per heavy atom. The zero-order chi connectivity index (χ0) is 10.4. The van der Waals surface area contributed by atoms with Crippen LogP contribution in [0.5, 0.6) is 0 Å². The van der Waals surface area contributed by atoms with E-state index in [9.17, 15) is 0 Å². The summed E-state index contributed by atoms with van der Waals surface area (Å²) in [5, 5.41) is 0. The summed E-state index contributed by atoms with van der Waals surface area (Å²) >= 11 is 0. The Bertz CT molecular complexity index is 139. The van der Waals surface area contributed by atoms with Crippen LogP contribution in [0.25, 0.3) is 0 Å². The van der Waals surface area contributed by atoms with Gasteiger partial charge in [-0.1, -0.05) is 13.8 Å². The molecule has 1 aliphatic heterocycles. The summed E-state index contributed by atoms with van der Waals surface area (Å²) in [6.07, 6.45) is 4.25. The molecule has 0 spiro atoms. The normalized spacial score (nSPS) is 20.6. The standard InChI is InChI=1S/C12H26N2/c1-4-13(3)9-6-12-7-10-14(5-2)11-8-12/h12H,4-11H2,1-3H3. The minimum Gasteiger partial charge on any atom is -0.307 e. The molecule has 0 aromatic carbocycles. The number of hydrogen-bond acceptors (Lipinski definition) is 2. The van der Waals surface area contributed by atoms with Gasteiger partial charge in [-0.15, -0.1) is 0 Å². The van der Waals surface area contributed by atoms with Crippen molar-refractivity contribution in [3.05, 3.63) is 0 Å². The number of nitrogens with zero attached hydrogens (tertiary/aromatic N) is 2. The Morgan fingerprint density at radius 1 is 1.21 bits per heavy atom. The first-order valence-electron chi connectivity index (χ1n) is 6.17. The zero-order valence-electron chi connectivity index (χ0n) is 10.1. The van der Waals surface area contributed by atoms with Crippen LogP contribution in [0.4, 0.5) is 0 Å². The van der Waals surface area contributed by atoms with Crippen LogP contribution in [0, 0.1) is 5.92 Å². The SMILES string of the molecule is CCN(C)CCC1CCN(CC)CC1. The molecule has 0 unspecified atom stereocenters. The lowest BCUT2D eigenvalue weighted by Gasteiger charge is -2.31. The number of likely N-dealkylation sites (tertiary alicyclic amines) is 1. The molecule has 1 heterocycles. The topological polar surface area (TPSA) is 6.48 Å². The van der Waals surface area contributed by atoms with Crippen molar-refractivity contribution < 1.29 is 0 Å². The molecule has 0 aromatic rings. The van der Waals surface area contributed by atoms with E-state index in [4.69, 9.17) is 0 Å². The molecular weight excluding hydrogens is 172 g/mol. The van der Waals surface area contributed by atoms with Crippen molar-refractivity contribution in [2.75, 3.05) is 39.8 Å². The average molecular weight is 198 g/mol. The van der Waals surface area contributed by atoms with Crippen molar-refractivity contribution in [1.82, 2.24) is 9.80 Å². The molecule has 14 heavy (non-hydrogen) atoms. The molecule has 0 atom stereocenters. The van der Waals surface area contributed by atoms with Crippen LogP contribution in [-0.4, -0.2) is 49.6 Å². The van der Waals surface area contributed by atoms with E-state index in [1.54, 1.807) is 0 Å². The molecule has 0 radical (unpaired) electrons. The molecular formula is C12H26N2. The smallest absolute Gasteiger partial charge is 0.00162 e. The molecule has 2 nitrogen and oxygen atoms in total. The second-order valence-electron chi connectivity index (χ2n) is 4.56. The molecule has 0 amide bonds. The maximum absolute atomic E-state index is 2.57. The Kier molecular flexibility index (Phi) is 5.49. The average Bonchev–Trinajstić information content (AvgIpc) is 2.26. The molecule has 0 saturated carbocycles. The summed E-state index contributed by atoms with van der Waals surface area (Å²) in [5.74, 6) is 0.992. The molecule has 84 valence electrons. The summed E-state index contributed by atoms with van der Waals surface area (Å²) in [4.78, 5) is 4.99. The van der Waals surface area contributed by atoms with Gasteiger partial charge in [0.1, 0.15) is 0 Å². The van der Waals surface area contributed by atoms with Crippen LogP contribution in [0.2, 0.25) is 0 Å². The fraction of sp³-hybridized carbons (Fsp3) is 1.00. The molecule has 2 heteroatoms. The van der Waals surface area contributed by atoms with E-state index in [0.29, 0.717) is 0 Å². The molecule has 1 fully saturated rings. The van der Waals surface area contributed by atoms with Gasteiger partial charge in [0.05, 0.1) is 0 Å². The van der Waals surface area contributed by atoms with Gasteiger partial charge in [0.15, 0.2) is 0 Å². The first-order chi connectivity index (χ1) is 6.76. The Labute approximate surface area is 89.3 Å². The van der Waals surface area contributed by atoms with E-state index in [1.807, 2.05) is 0 Å². The molecule has 0 bridgehead atoms. The summed E-state index contributed by atoms with van der Waals surface area (Å²) < 4.78 is 0. The summed E-state index contributed by atoms with van der Waals surface area (Å²) in [6, 6.07) is 0. The van der Waals surface area contributed by atoms with Crippen molar-refractivity contribution >= 4 is 0 Å². The van der Waals surface area contributed by atoms with Crippen molar-refractivity contribution in [1.29, 1.82) is 0 Å². The van der Waals surface area contributed by atoms with Gasteiger partial charge in [0.2, 0.25) is 0 Å². The molecule has 0 N–H and O–H groups in total. The Hall–Kier alpha value is -0.0800. The van der Waals surface area contributed by atoms with Crippen LogP contribution in [-0.2, 0) is 0 Å². The fourth-order valence-corrected chi connectivity index (χ4v) is 2.15. The van der Waals surface area contributed by atoms with Gasteiger partial charge < -0.3 is 9.80 Å². The highest BCUT2D eigenvalue weighted by Gasteiger charge is 2.17. The predicted octanol–water partition coefficient (Wildman–Crippen LogP) is 2.06. The van der Waals surface area contributed by atoms with Crippen molar-refractivity contribution in [2.45, 2.75) is 33.1 Å². The Morgan fingerprint density at radius 2 is 1.86 bits per heavy atom. The number of hydrogen-bond donors (Lipinski definition) is 0. The molecule has 1 rings (SSSR count). The van der Waals surface area contributed by atoms with Gasteiger partial charge in [-0.25, -0.2) is 0 Å².